The Hall–Kier alpha value is -4.31. The van der Waals surface area contributed by atoms with Crippen molar-refractivity contribution in [1.82, 2.24) is 14.8 Å². The van der Waals surface area contributed by atoms with Crippen LogP contribution >= 0.6 is 11.6 Å². The van der Waals surface area contributed by atoms with Crippen molar-refractivity contribution in [2.24, 2.45) is 11.3 Å². The number of aromatic nitrogens is 1. The highest BCUT2D eigenvalue weighted by atomic mass is 35.5. The van der Waals surface area contributed by atoms with Crippen LogP contribution in [-0.4, -0.2) is 116 Å². The minimum absolute atomic E-state index is 0.0186. The lowest BCUT2D eigenvalue weighted by Crippen LogP contribution is -2.52. The van der Waals surface area contributed by atoms with Crippen molar-refractivity contribution in [3.63, 3.8) is 0 Å². The second kappa shape index (κ2) is 18.9. The maximum absolute atomic E-state index is 12.3. The Morgan fingerprint density at radius 3 is 2.54 bits per heavy atom. The normalized spacial score (nSPS) is 23.4. The number of methoxy groups -OCH3 is 1. The van der Waals surface area contributed by atoms with Crippen LogP contribution in [0.4, 0.5) is 0 Å². The number of carboxylic acids is 1. The van der Waals surface area contributed by atoms with Crippen LogP contribution < -0.4 is 9.47 Å². The van der Waals surface area contributed by atoms with Gasteiger partial charge in [0, 0.05) is 74.0 Å². The summed E-state index contributed by atoms with van der Waals surface area (Å²) < 4.78 is 49.3. The standard InChI is InChI=1S/C44H54ClN3O10S/c1-43(2)35(31-12-6-5-7-13-31)14-10-16-44(43,58-19-11-17-47-26-34(38(49)27-47)42(52)55-3)29-57-40-22-39(56-28-30-20-33(24-46-23-30)59(4,53)54)32(21-36(40)45)25-48-18-9-8-15-37(48)41(50)51/h5-7,10,12-14,16,20-24,34,37-38,49H,8-9,11,15,17-19,25-29H2,1-4H3,(H,50,51)/t34?,37-,38?,44?/m0/s1. The quantitative estimate of drug-likeness (QED) is 0.123. The van der Waals surface area contributed by atoms with Crippen molar-refractivity contribution in [2.45, 2.75) is 75.3 Å². The molecule has 3 unspecified atom stereocenters. The zero-order chi connectivity index (χ0) is 42.4. The lowest BCUT2D eigenvalue weighted by atomic mass is 9.65. The number of esters is 1. The van der Waals surface area contributed by atoms with Gasteiger partial charge in [-0.15, -0.1) is 0 Å². The largest absolute Gasteiger partial charge is 0.488 e. The van der Waals surface area contributed by atoms with Crippen molar-refractivity contribution in [3.05, 3.63) is 101 Å². The zero-order valence-corrected chi connectivity index (χ0v) is 35.6. The molecule has 1 aliphatic carbocycles. The molecule has 2 saturated heterocycles. The highest BCUT2D eigenvalue weighted by Gasteiger charge is 2.49. The Morgan fingerprint density at radius 2 is 1.81 bits per heavy atom. The van der Waals surface area contributed by atoms with Crippen LogP contribution in [0.25, 0.3) is 5.57 Å². The number of likely N-dealkylation sites (tertiary alicyclic amines) is 2. The van der Waals surface area contributed by atoms with E-state index in [-0.39, 0.29) is 24.7 Å². The first kappa shape index (κ1) is 44.2. The van der Waals surface area contributed by atoms with E-state index in [1.54, 1.807) is 12.1 Å². The summed E-state index contributed by atoms with van der Waals surface area (Å²) in [6, 6.07) is 14.4. The van der Waals surface area contributed by atoms with E-state index in [9.17, 15) is 28.2 Å². The van der Waals surface area contributed by atoms with Gasteiger partial charge in [-0.05, 0) is 55.2 Å². The number of sulfone groups is 1. The van der Waals surface area contributed by atoms with Gasteiger partial charge in [0.05, 0.1) is 29.0 Å². The molecule has 2 fully saturated rings. The molecule has 15 heteroatoms. The van der Waals surface area contributed by atoms with Gasteiger partial charge in [-0.1, -0.05) is 74.4 Å². The SMILES string of the molecule is COC(=O)C1CN(CCCOC2(COc3cc(OCc4cncc(S(C)(=O)=O)c4)c(CN4CCCC[C@H]4C(=O)O)cc3Cl)C=CC=C(c3ccccc3)C2(C)C)CC1O. The number of ether oxygens (including phenoxy) is 4. The summed E-state index contributed by atoms with van der Waals surface area (Å²) in [5.74, 6) is -1.17. The van der Waals surface area contributed by atoms with Crippen molar-refractivity contribution in [1.29, 1.82) is 0 Å². The Bertz CT molecular complexity index is 2150. The maximum Gasteiger partial charge on any atom is 0.320 e. The van der Waals surface area contributed by atoms with Crippen LogP contribution in [0.2, 0.25) is 5.02 Å². The number of nitrogens with zero attached hydrogens (tertiary/aromatic N) is 3. The van der Waals surface area contributed by atoms with Gasteiger partial charge in [0.2, 0.25) is 0 Å². The average Bonchev–Trinajstić information content (AvgIpc) is 3.59. The lowest BCUT2D eigenvalue weighted by Gasteiger charge is -2.47. The van der Waals surface area contributed by atoms with E-state index in [4.69, 9.17) is 30.5 Å². The molecular weight excluding hydrogens is 798 g/mol. The number of β-amino-alcohol motifs (C(OH)–C–C–N with tert-alkyl or cyclic N) is 1. The Labute approximate surface area is 351 Å². The molecule has 13 nitrogen and oxygen atoms in total. The van der Waals surface area contributed by atoms with Crippen molar-refractivity contribution in [2.75, 3.05) is 52.8 Å². The number of rotatable bonds is 17. The topological polar surface area (TPSA) is 165 Å². The zero-order valence-electron chi connectivity index (χ0n) is 34.0. The summed E-state index contributed by atoms with van der Waals surface area (Å²) >= 11 is 7.00. The molecule has 0 bridgehead atoms. The first-order chi connectivity index (χ1) is 28.1. The second-order valence-corrected chi connectivity index (χ2v) is 18.5. The van der Waals surface area contributed by atoms with Gasteiger partial charge >= 0.3 is 11.9 Å². The minimum atomic E-state index is -3.51. The predicted octanol–water partition coefficient (Wildman–Crippen LogP) is 5.83. The molecule has 3 heterocycles. The Morgan fingerprint density at radius 1 is 1.03 bits per heavy atom. The van der Waals surface area contributed by atoms with Crippen molar-refractivity contribution < 1.29 is 47.2 Å². The summed E-state index contributed by atoms with van der Waals surface area (Å²) in [6.07, 6.45) is 12.0. The number of aliphatic carboxylic acids is 1. The van der Waals surface area contributed by atoms with Crippen molar-refractivity contribution in [3.8, 4) is 11.5 Å². The van der Waals surface area contributed by atoms with Gasteiger partial charge in [-0.2, -0.15) is 0 Å². The molecular formula is C44H54ClN3O10S. The van der Waals surface area contributed by atoms with E-state index in [1.807, 2.05) is 40.2 Å². The summed E-state index contributed by atoms with van der Waals surface area (Å²) in [6.45, 7) is 6.84. The van der Waals surface area contributed by atoms with Gasteiger partial charge < -0.3 is 29.2 Å². The highest BCUT2D eigenvalue weighted by molar-refractivity contribution is 7.90. The number of halogens is 1. The molecule has 318 valence electrons. The lowest BCUT2D eigenvalue weighted by molar-refractivity contribution is -0.147. The van der Waals surface area contributed by atoms with Gasteiger partial charge in [-0.3, -0.25) is 24.4 Å². The van der Waals surface area contributed by atoms with Crippen LogP contribution in [0.5, 0.6) is 11.5 Å². The number of benzene rings is 2. The number of pyridine rings is 1. The molecule has 0 amide bonds. The third-order valence-corrected chi connectivity index (χ3v) is 13.1. The number of piperidine rings is 1. The fraction of sp³-hybridized carbons (Fsp3) is 0.477. The minimum Gasteiger partial charge on any atom is -0.488 e. The number of carboxylic acid groups (broad SMARTS) is 1. The third kappa shape index (κ3) is 10.4. The number of carbonyl (C=O) groups is 2. The van der Waals surface area contributed by atoms with E-state index in [0.717, 1.165) is 30.2 Å². The highest BCUT2D eigenvalue weighted by Crippen LogP contribution is 2.49. The molecule has 0 radical (unpaired) electrons. The van der Waals surface area contributed by atoms with Crippen LogP contribution in [0.3, 0.4) is 0 Å². The number of allylic oxidation sites excluding steroid dienone is 2. The van der Waals surface area contributed by atoms with Crippen molar-refractivity contribution >= 4 is 38.9 Å². The van der Waals surface area contributed by atoms with Crippen LogP contribution in [0, 0.1) is 11.3 Å². The van der Waals surface area contributed by atoms with E-state index in [1.165, 1.54) is 25.6 Å². The molecule has 3 aliphatic rings. The van der Waals surface area contributed by atoms with Gasteiger partial charge in [-0.25, -0.2) is 8.42 Å². The molecule has 1 aromatic heterocycles. The second-order valence-electron chi connectivity index (χ2n) is 16.1. The number of aliphatic hydroxyl groups is 1. The van der Waals surface area contributed by atoms with Crippen LogP contribution in [0.1, 0.15) is 56.2 Å². The molecule has 2 aromatic carbocycles. The number of aliphatic hydroxyl groups excluding tert-OH is 1. The van der Waals surface area contributed by atoms with Gasteiger partial charge in [0.1, 0.15) is 36.4 Å². The van der Waals surface area contributed by atoms with Crippen LogP contribution in [-0.2, 0) is 42.1 Å². The summed E-state index contributed by atoms with van der Waals surface area (Å²) in [7, 11) is -2.18. The summed E-state index contributed by atoms with van der Waals surface area (Å²) in [5, 5.41) is 20.8. The van der Waals surface area contributed by atoms with E-state index in [0.29, 0.717) is 73.3 Å². The number of carbonyl (C=O) groups excluding carboxylic acids is 1. The Balaban J connectivity index is 1.27. The fourth-order valence-electron chi connectivity index (χ4n) is 8.21. The molecule has 2 aliphatic heterocycles. The molecule has 0 saturated carbocycles. The number of hydrogen-bond acceptors (Lipinski definition) is 12. The summed E-state index contributed by atoms with van der Waals surface area (Å²) in [5.41, 5.74) is 1.67. The molecule has 59 heavy (non-hydrogen) atoms. The molecule has 3 aromatic rings. The first-order valence-corrected chi connectivity index (χ1v) is 22.2. The predicted molar refractivity (Wildman–Crippen MR) is 223 cm³/mol. The van der Waals surface area contributed by atoms with Gasteiger partial charge in [0.15, 0.2) is 9.84 Å². The number of hydrogen-bond donors (Lipinski definition) is 2. The Kier molecular flexibility index (Phi) is 14.2. The van der Waals surface area contributed by atoms with Gasteiger partial charge in [0.25, 0.3) is 0 Å². The molecule has 0 spiro atoms. The average molecular weight is 852 g/mol. The van der Waals surface area contributed by atoms with E-state index < -0.39 is 50.9 Å². The first-order valence-electron chi connectivity index (χ1n) is 19.9. The molecule has 4 atom stereocenters. The van der Waals surface area contributed by atoms with E-state index >= 15 is 0 Å². The fourth-order valence-corrected chi connectivity index (χ4v) is 9.07. The van der Waals surface area contributed by atoms with E-state index in [2.05, 4.69) is 37.0 Å². The monoisotopic (exact) mass is 851 g/mol. The van der Waals surface area contributed by atoms with Crippen LogP contribution in [0.15, 0.2) is 84.0 Å². The summed E-state index contributed by atoms with van der Waals surface area (Å²) in [4.78, 5) is 32.5. The molecule has 2 N–H and O–H groups in total. The molecule has 6 rings (SSSR count). The smallest absolute Gasteiger partial charge is 0.320 e. The third-order valence-electron chi connectivity index (χ3n) is 11.7. The maximum atomic E-state index is 12.3.